The molecule has 6 rings (SSSR count). The number of piperidine rings is 1. The monoisotopic (exact) mass is 490 g/mol. The first kappa shape index (κ1) is 22.1. The number of morpholine rings is 1. The molecule has 35 heavy (non-hydrogen) atoms. The maximum absolute atomic E-state index is 10.1. The van der Waals surface area contributed by atoms with Crippen molar-refractivity contribution in [2.24, 2.45) is 0 Å². The predicted octanol–water partition coefficient (Wildman–Crippen LogP) is 2.59. The third-order valence-corrected chi connectivity index (χ3v) is 7.51. The van der Waals surface area contributed by atoms with Crippen molar-refractivity contribution in [2.45, 2.75) is 18.9 Å². The van der Waals surface area contributed by atoms with Crippen LogP contribution in [0, 0.1) is 0 Å². The van der Waals surface area contributed by atoms with Crippen molar-refractivity contribution in [3.8, 4) is 21.8 Å². The fourth-order valence-electron chi connectivity index (χ4n) is 4.54. The normalized spacial score (nSPS) is 18.8. The van der Waals surface area contributed by atoms with Crippen LogP contribution in [0.3, 0.4) is 0 Å². The molecule has 6 heterocycles. The number of nitrogens with zero attached hydrogens (tertiary/aromatic N) is 7. The number of aliphatic hydroxyl groups excluding tert-OH is 1. The second-order valence-electron chi connectivity index (χ2n) is 8.77. The number of ether oxygens (including phenoxy) is 1. The molecule has 0 aromatic carbocycles. The van der Waals surface area contributed by atoms with Crippen molar-refractivity contribution in [3.63, 3.8) is 0 Å². The van der Waals surface area contributed by atoms with E-state index in [1.165, 1.54) is 0 Å². The molecule has 11 heteroatoms. The van der Waals surface area contributed by atoms with Crippen LogP contribution in [0.25, 0.3) is 32.0 Å². The minimum Gasteiger partial charge on any atom is -0.391 e. The van der Waals surface area contributed by atoms with Crippen molar-refractivity contribution in [2.75, 3.05) is 54.9 Å². The van der Waals surface area contributed by atoms with Gasteiger partial charge in [0.2, 0.25) is 5.95 Å². The molecule has 3 N–H and O–H groups in total. The topological polar surface area (TPSA) is 126 Å². The molecule has 0 amide bonds. The van der Waals surface area contributed by atoms with E-state index in [4.69, 9.17) is 20.4 Å². The van der Waals surface area contributed by atoms with Crippen molar-refractivity contribution in [1.82, 2.24) is 24.9 Å². The molecule has 10 nitrogen and oxygen atoms in total. The van der Waals surface area contributed by atoms with Gasteiger partial charge in [0.25, 0.3) is 0 Å². The number of fused-ring (bicyclic) bond motifs is 1. The van der Waals surface area contributed by atoms with Crippen LogP contribution in [0.5, 0.6) is 0 Å². The lowest BCUT2D eigenvalue weighted by atomic mass is 10.1. The smallest absolute Gasteiger partial charge is 0.219 e. The van der Waals surface area contributed by atoms with Gasteiger partial charge >= 0.3 is 0 Å². The van der Waals surface area contributed by atoms with E-state index in [9.17, 15) is 5.11 Å². The summed E-state index contributed by atoms with van der Waals surface area (Å²) in [5, 5.41) is 10.1. The second-order valence-corrected chi connectivity index (χ2v) is 9.82. The Morgan fingerprint density at radius 2 is 1.83 bits per heavy atom. The van der Waals surface area contributed by atoms with E-state index < -0.39 is 0 Å². The first-order chi connectivity index (χ1) is 17.1. The van der Waals surface area contributed by atoms with E-state index in [0.29, 0.717) is 25.6 Å². The lowest BCUT2D eigenvalue weighted by Gasteiger charge is -2.31. The van der Waals surface area contributed by atoms with Crippen LogP contribution in [-0.4, -0.2) is 75.5 Å². The van der Waals surface area contributed by atoms with Crippen molar-refractivity contribution >= 4 is 39.1 Å². The molecule has 2 aliphatic rings. The van der Waals surface area contributed by atoms with Crippen LogP contribution >= 0.6 is 11.3 Å². The van der Waals surface area contributed by atoms with Gasteiger partial charge in [0.05, 0.1) is 35.1 Å². The quantitative estimate of drug-likeness (QED) is 0.441. The van der Waals surface area contributed by atoms with Crippen LogP contribution in [0.1, 0.15) is 12.8 Å². The van der Waals surface area contributed by atoms with E-state index >= 15 is 0 Å². The number of thiophene rings is 1. The van der Waals surface area contributed by atoms with E-state index in [2.05, 4.69) is 36.9 Å². The number of rotatable bonds is 4. The van der Waals surface area contributed by atoms with Crippen LogP contribution in [-0.2, 0) is 4.74 Å². The van der Waals surface area contributed by atoms with E-state index in [1.54, 1.807) is 23.7 Å². The fraction of sp³-hybridized carbons (Fsp3) is 0.375. The standard InChI is InChI=1S/C24H26N8O2S/c25-24-27-12-16(13-28-24)22-29-18-11-19(35-21(18)23(30-22)31-6-8-34-9-7-31)15-3-4-26-20(10-15)32-5-1-2-17(33)14-32/h3-4,10-13,17,33H,1-2,5-9,14H2,(H2,25,27,28). The summed E-state index contributed by atoms with van der Waals surface area (Å²) >= 11 is 1.68. The molecule has 2 saturated heterocycles. The Kier molecular flexibility index (Phi) is 5.88. The van der Waals surface area contributed by atoms with Crippen LogP contribution in [0.2, 0.25) is 0 Å². The van der Waals surface area contributed by atoms with Gasteiger partial charge in [-0.1, -0.05) is 0 Å². The predicted molar refractivity (Wildman–Crippen MR) is 137 cm³/mol. The molecular weight excluding hydrogens is 464 g/mol. The SMILES string of the molecule is Nc1ncc(-c2nc(N3CCOCC3)c3sc(-c4ccnc(N5CCCC(O)C5)c4)cc3n2)cn1. The highest BCUT2D eigenvalue weighted by Crippen LogP contribution is 2.39. The first-order valence-corrected chi connectivity index (χ1v) is 12.6. The number of aromatic nitrogens is 5. The van der Waals surface area contributed by atoms with Gasteiger partial charge in [0, 0.05) is 49.6 Å². The minimum atomic E-state index is -0.305. The van der Waals surface area contributed by atoms with Gasteiger partial charge in [-0.25, -0.2) is 24.9 Å². The van der Waals surface area contributed by atoms with E-state index in [0.717, 1.165) is 70.3 Å². The number of nitrogens with two attached hydrogens (primary N) is 1. The molecule has 0 spiro atoms. The molecular formula is C24H26N8O2S. The highest BCUT2D eigenvalue weighted by Gasteiger charge is 2.22. The number of pyridine rings is 1. The molecule has 180 valence electrons. The minimum absolute atomic E-state index is 0.218. The summed E-state index contributed by atoms with van der Waals surface area (Å²) in [6, 6.07) is 6.22. The third kappa shape index (κ3) is 4.49. The molecule has 4 aromatic heterocycles. The fourth-order valence-corrected chi connectivity index (χ4v) is 5.65. The summed E-state index contributed by atoms with van der Waals surface area (Å²) in [4.78, 5) is 28.1. The molecule has 0 aliphatic carbocycles. The number of anilines is 3. The molecule has 0 radical (unpaired) electrons. The Labute approximate surface area is 206 Å². The number of hydrogen-bond acceptors (Lipinski definition) is 11. The zero-order valence-electron chi connectivity index (χ0n) is 19.2. The molecule has 0 saturated carbocycles. The Bertz CT molecular complexity index is 1340. The summed E-state index contributed by atoms with van der Waals surface area (Å²) in [6.45, 7) is 4.39. The Morgan fingerprint density at radius 3 is 2.63 bits per heavy atom. The summed E-state index contributed by atoms with van der Waals surface area (Å²) in [5.74, 6) is 2.57. The Morgan fingerprint density at radius 1 is 1.00 bits per heavy atom. The summed E-state index contributed by atoms with van der Waals surface area (Å²) in [7, 11) is 0. The molecule has 2 fully saturated rings. The van der Waals surface area contributed by atoms with Crippen molar-refractivity contribution in [1.29, 1.82) is 0 Å². The highest BCUT2D eigenvalue weighted by molar-refractivity contribution is 7.22. The van der Waals surface area contributed by atoms with Gasteiger partial charge in [0.15, 0.2) is 11.6 Å². The molecule has 4 aromatic rings. The van der Waals surface area contributed by atoms with Crippen LogP contribution in [0.15, 0.2) is 36.8 Å². The van der Waals surface area contributed by atoms with Crippen molar-refractivity contribution in [3.05, 3.63) is 36.8 Å². The highest BCUT2D eigenvalue weighted by atomic mass is 32.1. The maximum Gasteiger partial charge on any atom is 0.219 e. The summed E-state index contributed by atoms with van der Waals surface area (Å²) in [5.41, 5.74) is 8.35. The van der Waals surface area contributed by atoms with E-state index in [1.807, 2.05) is 12.3 Å². The third-order valence-electron chi connectivity index (χ3n) is 6.34. The number of nitrogen functional groups attached to an aromatic ring is 1. The lowest BCUT2D eigenvalue weighted by Crippen LogP contribution is -2.38. The van der Waals surface area contributed by atoms with Crippen LogP contribution in [0.4, 0.5) is 17.6 Å². The van der Waals surface area contributed by atoms with Gasteiger partial charge < -0.3 is 25.4 Å². The number of aliphatic hydroxyl groups is 1. The van der Waals surface area contributed by atoms with Gasteiger partial charge in [0.1, 0.15) is 5.82 Å². The van der Waals surface area contributed by atoms with Gasteiger partial charge in [-0.15, -0.1) is 11.3 Å². The molecule has 2 aliphatic heterocycles. The Hall–Kier alpha value is -3.41. The molecule has 1 atom stereocenters. The summed E-state index contributed by atoms with van der Waals surface area (Å²) < 4.78 is 6.61. The van der Waals surface area contributed by atoms with Gasteiger partial charge in [-0.3, -0.25) is 0 Å². The average Bonchev–Trinajstić information content (AvgIpc) is 3.34. The second kappa shape index (κ2) is 9.33. The molecule has 0 bridgehead atoms. The summed E-state index contributed by atoms with van der Waals surface area (Å²) in [6.07, 6.45) is 6.65. The zero-order valence-corrected chi connectivity index (χ0v) is 20.0. The number of β-amino-alcohol motifs (C(OH)–C–C–N with tert-alkyl or cyclic N) is 1. The Balaban J connectivity index is 1.43. The van der Waals surface area contributed by atoms with Gasteiger partial charge in [-0.05, 0) is 36.6 Å². The largest absolute Gasteiger partial charge is 0.391 e. The van der Waals surface area contributed by atoms with Crippen molar-refractivity contribution < 1.29 is 9.84 Å². The maximum atomic E-state index is 10.1. The van der Waals surface area contributed by atoms with E-state index in [-0.39, 0.29) is 12.1 Å². The molecule has 1 unspecified atom stereocenters. The lowest BCUT2D eigenvalue weighted by molar-refractivity contribution is 0.122. The average molecular weight is 491 g/mol. The van der Waals surface area contributed by atoms with Crippen LogP contribution < -0.4 is 15.5 Å². The number of hydrogen-bond donors (Lipinski definition) is 2. The zero-order chi connectivity index (χ0) is 23.8. The van der Waals surface area contributed by atoms with Gasteiger partial charge in [-0.2, -0.15) is 0 Å². The first-order valence-electron chi connectivity index (χ1n) is 11.8.